The molecule has 1 amide bonds. The summed E-state index contributed by atoms with van der Waals surface area (Å²) in [7, 11) is 0. The van der Waals surface area contributed by atoms with E-state index in [1.54, 1.807) is 0 Å². The van der Waals surface area contributed by atoms with Crippen molar-refractivity contribution < 1.29 is 4.79 Å². The number of carbonyl (C=O) groups excluding carboxylic acids is 1. The third kappa shape index (κ3) is 5.09. The zero-order valence-electron chi connectivity index (χ0n) is 11.7. The van der Waals surface area contributed by atoms with E-state index in [1.807, 2.05) is 43.9 Å². The second kappa shape index (κ2) is 7.36. The van der Waals surface area contributed by atoms with E-state index < -0.39 is 0 Å². The summed E-state index contributed by atoms with van der Waals surface area (Å²) in [5.41, 5.74) is 7.46. The molecule has 0 unspecified atom stereocenters. The van der Waals surface area contributed by atoms with E-state index in [1.165, 1.54) is 0 Å². The van der Waals surface area contributed by atoms with Gasteiger partial charge in [0.25, 0.3) is 0 Å². The molecule has 106 valence electrons. The fraction of sp³-hybridized carbons (Fsp3) is 0.500. The number of hydrogen-bond acceptors (Lipinski definition) is 3. The Morgan fingerprint density at radius 2 is 2.16 bits per heavy atom. The lowest BCUT2D eigenvalue weighted by atomic mass is 10.1. The fourth-order valence-corrected chi connectivity index (χ4v) is 2.06. The van der Waals surface area contributed by atoms with Gasteiger partial charge in [-0.05, 0) is 32.5 Å². The van der Waals surface area contributed by atoms with Gasteiger partial charge < -0.3 is 11.1 Å². The molecule has 0 radical (unpaired) electrons. The molecule has 1 aromatic rings. The van der Waals surface area contributed by atoms with Crippen molar-refractivity contribution in [3.63, 3.8) is 0 Å². The highest BCUT2D eigenvalue weighted by molar-refractivity contribution is 6.31. The number of nitrogen functional groups attached to an aromatic ring is 1. The molecule has 5 heteroatoms. The molecule has 0 fully saturated rings. The van der Waals surface area contributed by atoms with Gasteiger partial charge in [0.15, 0.2) is 0 Å². The van der Waals surface area contributed by atoms with Crippen LogP contribution in [-0.4, -0.2) is 29.9 Å². The summed E-state index contributed by atoms with van der Waals surface area (Å²) in [4.78, 5) is 13.8. The number of rotatable bonds is 6. The van der Waals surface area contributed by atoms with Crippen LogP contribution in [0.5, 0.6) is 0 Å². The minimum absolute atomic E-state index is 0.0162. The summed E-state index contributed by atoms with van der Waals surface area (Å²) >= 11 is 6.14. The SMILES string of the molecule is CCN(CC(=O)NC(C)C)Cc1c(N)cccc1Cl. The van der Waals surface area contributed by atoms with Crippen LogP contribution in [0, 0.1) is 0 Å². The van der Waals surface area contributed by atoms with E-state index in [0.29, 0.717) is 23.8 Å². The first kappa shape index (κ1) is 15.8. The largest absolute Gasteiger partial charge is 0.398 e. The minimum Gasteiger partial charge on any atom is -0.398 e. The van der Waals surface area contributed by atoms with Gasteiger partial charge in [0.1, 0.15) is 0 Å². The Morgan fingerprint density at radius 1 is 1.47 bits per heavy atom. The van der Waals surface area contributed by atoms with Gasteiger partial charge in [-0.2, -0.15) is 0 Å². The van der Waals surface area contributed by atoms with Crippen molar-refractivity contribution in [1.29, 1.82) is 0 Å². The summed E-state index contributed by atoms with van der Waals surface area (Å²) in [5.74, 6) is 0.0162. The molecule has 1 aromatic carbocycles. The Kier molecular flexibility index (Phi) is 6.12. The third-order valence-electron chi connectivity index (χ3n) is 2.80. The summed E-state index contributed by atoms with van der Waals surface area (Å²) in [6.07, 6.45) is 0. The molecule has 19 heavy (non-hydrogen) atoms. The summed E-state index contributed by atoms with van der Waals surface area (Å²) < 4.78 is 0. The molecule has 0 heterocycles. The molecule has 0 aromatic heterocycles. The Balaban J connectivity index is 2.69. The number of anilines is 1. The van der Waals surface area contributed by atoms with E-state index in [-0.39, 0.29) is 11.9 Å². The van der Waals surface area contributed by atoms with Gasteiger partial charge in [0.2, 0.25) is 5.91 Å². The maximum Gasteiger partial charge on any atom is 0.234 e. The average molecular weight is 284 g/mol. The van der Waals surface area contributed by atoms with Gasteiger partial charge in [-0.15, -0.1) is 0 Å². The monoisotopic (exact) mass is 283 g/mol. The Morgan fingerprint density at radius 3 is 2.68 bits per heavy atom. The smallest absolute Gasteiger partial charge is 0.234 e. The molecule has 0 atom stereocenters. The van der Waals surface area contributed by atoms with Crippen LogP contribution in [0.2, 0.25) is 5.02 Å². The normalized spacial score (nSPS) is 11.1. The van der Waals surface area contributed by atoms with Crippen LogP contribution in [0.15, 0.2) is 18.2 Å². The lowest BCUT2D eigenvalue weighted by Crippen LogP contribution is -2.39. The molecule has 1 rings (SSSR count). The number of nitrogens with zero attached hydrogens (tertiary/aromatic N) is 1. The third-order valence-corrected chi connectivity index (χ3v) is 3.16. The molecule has 0 aliphatic carbocycles. The van der Waals surface area contributed by atoms with Crippen LogP contribution in [0.4, 0.5) is 5.69 Å². The number of halogens is 1. The Bertz CT molecular complexity index is 414. The highest BCUT2D eigenvalue weighted by Gasteiger charge is 2.13. The van der Waals surface area contributed by atoms with Gasteiger partial charge in [0, 0.05) is 28.9 Å². The van der Waals surface area contributed by atoms with Crippen molar-refractivity contribution in [3.05, 3.63) is 28.8 Å². The maximum atomic E-state index is 11.8. The van der Waals surface area contributed by atoms with E-state index in [9.17, 15) is 4.79 Å². The highest BCUT2D eigenvalue weighted by Crippen LogP contribution is 2.23. The zero-order chi connectivity index (χ0) is 14.4. The topological polar surface area (TPSA) is 58.4 Å². The molecule has 0 aliphatic heterocycles. The molecule has 3 N–H and O–H groups in total. The van der Waals surface area contributed by atoms with Crippen LogP contribution in [-0.2, 0) is 11.3 Å². The van der Waals surface area contributed by atoms with Gasteiger partial charge in [-0.1, -0.05) is 24.6 Å². The van der Waals surface area contributed by atoms with Gasteiger partial charge >= 0.3 is 0 Å². The lowest BCUT2D eigenvalue weighted by molar-refractivity contribution is -0.122. The van der Waals surface area contributed by atoms with Gasteiger partial charge in [0.05, 0.1) is 6.54 Å². The van der Waals surface area contributed by atoms with Crippen molar-refractivity contribution in [3.8, 4) is 0 Å². The number of nitrogens with one attached hydrogen (secondary N) is 1. The van der Waals surface area contributed by atoms with Crippen LogP contribution in [0.1, 0.15) is 26.3 Å². The Labute approximate surface area is 119 Å². The molecule has 0 saturated heterocycles. The minimum atomic E-state index is 0.0162. The van der Waals surface area contributed by atoms with E-state index >= 15 is 0 Å². The second-order valence-electron chi connectivity index (χ2n) is 4.83. The van der Waals surface area contributed by atoms with Crippen molar-refractivity contribution >= 4 is 23.2 Å². The summed E-state index contributed by atoms with van der Waals surface area (Å²) in [5, 5.41) is 3.52. The summed E-state index contributed by atoms with van der Waals surface area (Å²) in [6, 6.07) is 5.61. The molecule has 0 spiro atoms. The number of nitrogens with two attached hydrogens (primary N) is 1. The van der Waals surface area contributed by atoms with Crippen molar-refractivity contribution in [2.75, 3.05) is 18.8 Å². The quantitative estimate of drug-likeness (QED) is 0.788. The second-order valence-corrected chi connectivity index (χ2v) is 5.24. The number of benzene rings is 1. The van der Waals surface area contributed by atoms with Gasteiger partial charge in [-0.3, -0.25) is 9.69 Å². The molecule has 4 nitrogen and oxygen atoms in total. The molecule has 0 aliphatic rings. The Hall–Kier alpha value is -1.26. The maximum absolute atomic E-state index is 11.8. The molecule has 0 saturated carbocycles. The number of carbonyl (C=O) groups is 1. The van der Waals surface area contributed by atoms with Crippen molar-refractivity contribution in [2.45, 2.75) is 33.4 Å². The number of hydrogen-bond donors (Lipinski definition) is 2. The standard InChI is InChI=1S/C14H22ClN3O/c1-4-18(9-14(19)17-10(2)3)8-11-12(15)6-5-7-13(11)16/h5-7,10H,4,8-9,16H2,1-3H3,(H,17,19). The first-order valence-corrected chi connectivity index (χ1v) is 6.86. The first-order valence-electron chi connectivity index (χ1n) is 6.48. The van der Waals surface area contributed by atoms with Crippen molar-refractivity contribution in [1.82, 2.24) is 10.2 Å². The van der Waals surface area contributed by atoms with Crippen LogP contribution < -0.4 is 11.1 Å². The molecule has 0 bridgehead atoms. The predicted octanol–water partition coefficient (Wildman–Crippen LogP) is 2.27. The molecular weight excluding hydrogens is 262 g/mol. The van der Waals surface area contributed by atoms with Crippen molar-refractivity contribution in [2.24, 2.45) is 0 Å². The highest BCUT2D eigenvalue weighted by atomic mass is 35.5. The van der Waals surface area contributed by atoms with E-state index in [4.69, 9.17) is 17.3 Å². The van der Waals surface area contributed by atoms with E-state index in [2.05, 4.69) is 5.32 Å². The van der Waals surface area contributed by atoms with Gasteiger partial charge in [-0.25, -0.2) is 0 Å². The van der Waals surface area contributed by atoms with E-state index in [0.717, 1.165) is 12.1 Å². The lowest BCUT2D eigenvalue weighted by Gasteiger charge is -2.22. The summed E-state index contributed by atoms with van der Waals surface area (Å²) in [6.45, 7) is 7.58. The van der Waals surface area contributed by atoms with Crippen LogP contribution >= 0.6 is 11.6 Å². The predicted molar refractivity (Wildman–Crippen MR) is 80.1 cm³/mol. The zero-order valence-corrected chi connectivity index (χ0v) is 12.5. The average Bonchev–Trinajstić information content (AvgIpc) is 2.31. The van der Waals surface area contributed by atoms with Crippen LogP contribution in [0.25, 0.3) is 0 Å². The number of amides is 1. The first-order chi connectivity index (χ1) is 8.93. The number of likely N-dealkylation sites (N-methyl/N-ethyl adjacent to an activating group) is 1. The fourth-order valence-electron chi connectivity index (χ4n) is 1.82. The van der Waals surface area contributed by atoms with Crippen LogP contribution in [0.3, 0.4) is 0 Å². The molecular formula is C14H22ClN3O.